The molecule has 0 unspecified atom stereocenters. The maximum absolute atomic E-state index is 13.7. The summed E-state index contributed by atoms with van der Waals surface area (Å²) in [7, 11) is -7.14. The van der Waals surface area contributed by atoms with Gasteiger partial charge in [0, 0.05) is 54.9 Å². The van der Waals surface area contributed by atoms with Gasteiger partial charge in [0.1, 0.15) is 16.6 Å². The highest BCUT2D eigenvalue weighted by atomic mass is 35.5. The summed E-state index contributed by atoms with van der Waals surface area (Å²) in [5.74, 6) is 0.248. The summed E-state index contributed by atoms with van der Waals surface area (Å²) in [4.78, 5) is 62.1. The van der Waals surface area contributed by atoms with Gasteiger partial charge in [-0.3, -0.25) is 23.8 Å². The number of likely N-dealkylation sites (tertiary alicyclic amines) is 2. The predicted molar refractivity (Wildman–Crippen MR) is 314 cm³/mol. The summed E-state index contributed by atoms with van der Waals surface area (Å²) in [6.07, 6.45) is 6.71. The van der Waals surface area contributed by atoms with E-state index in [1.807, 2.05) is 39.1 Å². The number of alkyl halides is 3. The zero-order valence-electron chi connectivity index (χ0n) is 46.6. The summed E-state index contributed by atoms with van der Waals surface area (Å²) in [6.45, 7) is 10.1. The third kappa shape index (κ3) is 18.7. The zero-order valence-corrected chi connectivity index (χ0v) is 50.5. The summed E-state index contributed by atoms with van der Waals surface area (Å²) >= 11 is 18.2. The first-order valence-corrected chi connectivity index (χ1v) is 31.6. The number of rotatable bonds is 10. The molecule has 4 aliphatic rings. The van der Waals surface area contributed by atoms with E-state index < -0.39 is 38.1 Å². The number of anilines is 3. The zero-order chi connectivity index (χ0) is 61.3. The van der Waals surface area contributed by atoms with Crippen LogP contribution in [-0.2, 0) is 29.6 Å². The van der Waals surface area contributed by atoms with Crippen molar-refractivity contribution in [3.63, 3.8) is 0 Å². The number of aldehydes is 1. The van der Waals surface area contributed by atoms with Crippen LogP contribution in [0.15, 0.2) is 73.1 Å². The fourth-order valence-corrected chi connectivity index (χ4v) is 11.4. The van der Waals surface area contributed by atoms with Gasteiger partial charge in [0.25, 0.3) is 11.8 Å². The molecule has 3 amide bonds. The van der Waals surface area contributed by atoms with E-state index in [0.717, 1.165) is 102 Å². The fourth-order valence-electron chi connectivity index (χ4n) is 9.74. The molecular weight excluding hydrogens is 1200 g/mol. The lowest BCUT2D eigenvalue weighted by Crippen LogP contribution is -2.40. The Morgan fingerprint density at radius 3 is 1.65 bits per heavy atom. The average molecular weight is 1270 g/mol. The number of nitrogens with zero attached hydrogens (tertiary/aromatic N) is 9. The standard InChI is InChI=1S/C23H28ClN7O3S.C19H19Cl2N5O3S.C9H18N2O2.C2HF3O/c1-35(33,34)28-18-6-5-15(24)12-17(18)23(32)30-10-3-2-4-20(30)19-14-31-21(26-19)7-8-22(27-31)29-11-9-16(25)13-29;1-30(28,29)24-14-6-5-12(20)10-13(14)19(27)25-9-3-2-4-16(25)15-11-26-18(22-15)8-7-17(21)23-26;1-9(2,3)13-8(12)11-7-4-5-10-6-7;3-2(4,5)1-6/h5-8,12,14,16,20,28H,2-4,9-11,13,25H2,1H3;5-8,10-11,16,24H,2-4,9H2,1H3;7,10H,4-6H2,1-3H3,(H,11,12);1H/t16-,20-;16-;7-;/m000./s1. The van der Waals surface area contributed by atoms with Crippen LogP contribution in [0.2, 0.25) is 15.2 Å². The number of sulfonamides is 2. The maximum Gasteiger partial charge on any atom is 0.446 e. The second-order valence-electron chi connectivity index (χ2n) is 21.4. The summed E-state index contributed by atoms with van der Waals surface area (Å²) in [5, 5.41) is 16.0. The Balaban J connectivity index is 0.000000186. The number of amides is 3. The highest BCUT2D eigenvalue weighted by molar-refractivity contribution is 7.92. The van der Waals surface area contributed by atoms with Gasteiger partial charge in [-0.25, -0.2) is 40.6 Å². The van der Waals surface area contributed by atoms with Crippen LogP contribution < -0.4 is 30.7 Å². The first-order valence-electron chi connectivity index (χ1n) is 26.7. The first-order chi connectivity index (χ1) is 39.4. The Kier molecular flexibility index (Phi) is 21.4. The van der Waals surface area contributed by atoms with Gasteiger partial charge in [0.15, 0.2) is 11.3 Å². The van der Waals surface area contributed by atoms with Gasteiger partial charge in [-0.15, -0.1) is 5.10 Å². The Morgan fingerprint density at radius 1 is 0.714 bits per heavy atom. The van der Waals surface area contributed by atoms with E-state index >= 15 is 0 Å². The molecule has 84 heavy (non-hydrogen) atoms. The number of fused-ring (bicyclic) bond motifs is 2. The molecule has 4 aliphatic heterocycles. The number of ether oxygens (including phenoxy) is 1. The van der Waals surface area contributed by atoms with E-state index in [2.05, 4.69) is 35.1 Å². The van der Waals surface area contributed by atoms with Crippen molar-refractivity contribution in [1.82, 2.24) is 49.6 Å². The van der Waals surface area contributed by atoms with Crippen molar-refractivity contribution in [3.8, 4) is 0 Å². The van der Waals surface area contributed by atoms with Crippen molar-refractivity contribution in [2.45, 2.75) is 108 Å². The molecule has 4 saturated heterocycles. The number of alkyl carbamates (subject to hydrolysis) is 1. The number of hydrogen-bond acceptors (Lipinski definition) is 16. The van der Waals surface area contributed by atoms with Gasteiger partial charge < -0.3 is 35.8 Å². The summed E-state index contributed by atoms with van der Waals surface area (Å²) in [6, 6.07) is 16.2. The van der Waals surface area contributed by atoms with Crippen molar-refractivity contribution in [2.75, 3.05) is 66.1 Å². The quantitative estimate of drug-likeness (QED) is 0.0811. The topological polar surface area (TPSA) is 290 Å². The SMILES string of the molecule is CC(C)(C)OC(=O)N[C@H]1CCNC1.CS(=O)(=O)Nc1ccc(Cl)cc1C(=O)N1CCCC[C@H]1c1cn2nc(Cl)ccc2n1.CS(=O)(=O)Nc1ccc(Cl)cc1C(=O)N1CCCC[C@H]1c1cn2nc(N3CC[C@H](N)C3)ccc2n1.O=CC(F)(F)F. The molecule has 0 saturated carbocycles. The van der Waals surface area contributed by atoms with Gasteiger partial charge in [-0.2, -0.15) is 18.3 Å². The molecule has 8 heterocycles. The lowest BCUT2D eigenvalue weighted by Gasteiger charge is -2.35. The molecule has 6 N–H and O–H groups in total. The normalized spacial score (nSPS) is 19.3. The number of aromatic nitrogens is 6. The van der Waals surface area contributed by atoms with Crippen LogP contribution in [0.4, 0.5) is 35.2 Å². The van der Waals surface area contributed by atoms with Crippen LogP contribution in [0.25, 0.3) is 11.3 Å². The van der Waals surface area contributed by atoms with Gasteiger partial charge in [0.2, 0.25) is 26.3 Å². The number of carbonyl (C=O) groups excluding carboxylic acids is 4. The number of hydrogen-bond donors (Lipinski definition) is 5. The Morgan fingerprint density at radius 2 is 1.21 bits per heavy atom. The van der Waals surface area contributed by atoms with Crippen molar-refractivity contribution in [1.29, 1.82) is 0 Å². The second-order valence-corrected chi connectivity index (χ2v) is 26.2. The first kappa shape index (κ1) is 65.0. The molecule has 456 valence electrons. The smallest absolute Gasteiger partial charge is 0.444 e. The van der Waals surface area contributed by atoms with Gasteiger partial charge in [-0.1, -0.05) is 34.8 Å². The average Bonchev–Trinajstić information content (AvgIpc) is 2.84. The third-order valence-electron chi connectivity index (χ3n) is 13.3. The van der Waals surface area contributed by atoms with Crippen molar-refractivity contribution < 1.29 is 53.9 Å². The lowest BCUT2D eigenvalue weighted by atomic mass is 9.98. The molecule has 0 bridgehead atoms. The molecule has 4 atom stereocenters. The molecular formula is C53H66Cl3F3N14O9S2. The number of benzene rings is 2. The van der Waals surface area contributed by atoms with Crippen molar-refractivity contribution >= 4 is 108 Å². The molecule has 10 rings (SSSR count). The molecule has 6 aromatic rings. The van der Waals surface area contributed by atoms with Crippen molar-refractivity contribution in [3.05, 3.63) is 111 Å². The van der Waals surface area contributed by atoms with Crippen LogP contribution in [0.5, 0.6) is 0 Å². The molecule has 31 heteroatoms. The molecule has 4 fully saturated rings. The number of halogens is 6. The number of imidazole rings is 2. The third-order valence-corrected chi connectivity index (χ3v) is 15.2. The van der Waals surface area contributed by atoms with Crippen LogP contribution >= 0.6 is 34.8 Å². The Labute approximate surface area is 499 Å². The summed E-state index contributed by atoms with van der Waals surface area (Å²) < 4.78 is 91.8. The maximum atomic E-state index is 13.7. The number of carbonyl (C=O) groups is 4. The largest absolute Gasteiger partial charge is 0.446 e. The Bertz CT molecular complexity index is 3570. The number of nitrogens with one attached hydrogen (secondary N) is 4. The van der Waals surface area contributed by atoms with Gasteiger partial charge >= 0.3 is 12.3 Å². The van der Waals surface area contributed by atoms with E-state index in [0.29, 0.717) is 45.3 Å². The molecule has 4 aromatic heterocycles. The summed E-state index contributed by atoms with van der Waals surface area (Å²) in [5.41, 5.74) is 9.25. The Hall–Kier alpha value is -6.56. The minimum atomic E-state index is -4.64. The highest BCUT2D eigenvalue weighted by Gasteiger charge is 2.35. The van der Waals surface area contributed by atoms with E-state index in [-0.39, 0.29) is 64.6 Å². The molecule has 2 aromatic carbocycles. The highest BCUT2D eigenvalue weighted by Crippen LogP contribution is 2.36. The van der Waals surface area contributed by atoms with E-state index in [1.54, 1.807) is 43.2 Å². The van der Waals surface area contributed by atoms with Gasteiger partial charge in [-0.05, 0) is 139 Å². The molecule has 23 nitrogen and oxygen atoms in total. The van der Waals surface area contributed by atoms with E-state index in [1.165, 1.54) is 30.3 Å². The number of piperidine rings is 2. The minimum Gasteiger partial charge on any atom is -0.444 e. The van der Waals surface area contributed by atoms with Crippen LogP contribution in [-0.4, -0.2) is 156 Å². The lowest BCUT2D eigenvalue weighted by molar-refractivity contribution is -0.156. The molecule has 0 spiro atoms. The van der Waals surface area contributed by atoms with E-state index in [9.17, 15) is 44.4 Å². The second kappa shape index (κ2) is 27.6. The number of nitrogens with two attached hydrogens (primary N) is 1. The minimum absolute atomic E-state index is 0.154. The molecule has 0 aliphatic carbocycles. The van der Waals surface area contributed by atoms with Crippen LogP contribution in [0.3, 0.4) is 0 Å². The van der Waals surface area contributed by atoms with Crippen LogP contribution in [0, 0.1) is 0 Å². The molecule has 0 radical (unpaired) electrons. The predicted octanol–water partition coefficient (Wildman–Crippen LogP) is 8.05. The van der Waals surface area contributed by atoms with Crippen molar-refractivity contribution in [2.24, 2.45) is 5.73 Å². The monoisotopic (exact) mass is 1270 g/mol. The van der Waals surface area contributed by atoms with Crippen LogP contribution in [0.1, 0.15) is 116 Å². The van der Waals surface area contributed by atoms with Gasteiger partial charge in [0.05, 0.1) is 70.9 Å². The fraction of sp³-hybridized carbons (Fsp3) is 0.472. The van der Waals surface area contributed by atoms with E-state index in [4.69, 9.17) is 60.2 Å².